The molecule has 0 saturated carbocycles. The van der Waals surface area contributed by atoms with E-state index in [2.05, 4.69) is 0 Å². The van der Waals surface area contributed by atoms with Gasteiger partial charge in [0.05, 0.1) is 18.2 Å². The van der Waals surface area contributed by atoms with Gasteiger partial charge in [0.1, 0.15) is 11.6 Å². The number of nitrogens with zero attached hydrogens (tertiary/aromatic N) is 1. The molecule has 1 heterocycles. The van der Waals surface area contributed by atoms with Gasteiger partial charge in [-0.3, -0.25) is 9.59 Å². The van der Waals surface area contributed by atoms with Crippen molar-refractivity contribution in [3.63, 3.8) is 0 Å². The molecule has 0 aromatic heterocycles. The first-order chi connectivity index (χ1) is 12.4. The molecular weight excluding hydrogens is 361 g/mol. The molecule has 2 aromatic carbocycles. The monoisotopic (exact) mass is 375 g/mol. The van der Waals surface area contributed by atoms with E-state index in [0.29, 0.717) is 16.1 Å². The Morgan fingerprint density at radius 3 is 2.46 bits per heavy atom. The minimum Gasteiger partial charge on any atom is -0.507 e. The zero-order valence-corrected chi connectivity index (χ0v) is 14.3. The van der Waals surface area contributed by atoms with E-state index in [1.54, 1.807) is 6.07 Å². The van der Waals surface area contributed by atoms with Crippen molar-refractivity contribution < 1.29 is 24.2 Å². The second-order valence-corrected chi connectivity index (χ2v) is 6.21. The van der Waals surface area contributed by atoms with E-state index < -0.39 is 23.5 Å². The summed E-state index contributed by atoms with van der Waals surface area (Å²) in [5.41, 5.74) is 0.474. The predicted molar refractivity (Wildman–Crippen MR) is 93.9 cm³/mol. The summed E-state index contributed by atoms with van der Waals surface area (Å²) in [6, 6.07) is 10.5. The van der Waals surface area contributed by atoms with E-state index >= 15 is 0 Å². The standard InChI is InChI=1S/C19H15ClFNO4/c20-13-6-4-11(5-7-13)17(24)15-16(12-2-1-3-14(21)10-12)22(8-9-23)19(26)18(15)25/h1-7,10,16,23-24H,8-9H2. The van der Waals surface area contributed by atoms with E-state index in [1.165, 1.54) is 42.5 Å². The van der Waals surface area contributed by atoms with Gasteiger partial charge in [-0.05, 0) is 42.0 Å². The van der Waals surface area contributed by atoms with Gasteiger partial charge in [-0.25, -0.2) is 4.39 Å². The van der Waals surface area contributed by atoms with Crippen molar-refractivity contribution >= 4 is 29.1 Å². The summed E-state index contributed by atoms with van der Waals surface area (Å²) in [6.07, 6.45) is 0. The average molecular weight is 376 g/mol. The Kier molecular flexibility index (Phi) is 5.06. The lowest BCUT2D eigenvalue weighted by Crippen LogP contribution is -2.32. The number of ketones is 1. The number of benzene rings is 2. The molecule has 1 aliphatic heterocycles. The van der Waals surface area contributed by atoms with Crippen LogP contribution >= 0.6 is 11.6 Å². The lowest BCUT2D eigenvalue weighted by atomic mass is 9.95. The maximum atomic E-state index is 13.7. The number of halogens is 2. The van der Waals surface area contributed by atoms with E-state index in [9.17, 15) is 24.2 Å². The fourth-order valence-corrected chi connectivity index (χ4v) is 3.13. The number of carbonyl (C=O) groups is 2. The molecular formula is C19H15ClFNO4. The van der Waals surface area contributed by atoms with Crippen LogP contribution < -0.4 is 0 Å². The number of hydrogen-bond acceptors (Lipinski definition) is 4. The number of β-amino-alcohol motifs (C(OH)–C–C–N with tert-alkyl or cyclic N) is 1. The van der Waals surface area contributed by atoms with Crippen LogP contribution in [0.4, 0.5) is 4.39 Å². The summed E-state index contributed by atoms with van der Waals surface area (Å²) >= 11 is 5.84. The smallest absolute Gasteiger partial charge is 0.295 e. The molecule has 134 valence electrons. The molecule has 7 heteroatoms. The number of likely N-dealkylation sites (tertiary alicyclic amines) is 1. The van der Waals surface area contributed by atoms with Crippen molar-refractivity contribution in [2.45, 2.75) is 6.04 Å². The number of carbonyl (C=O) groups excluding carboxylic acids is 2. The van der Waals surface area contributed by atoms with Crippen LogP contribution in [0.25, 0.3) is 5.76 Å². The minimum atomic E-state index is -0.992. The Morgan fingerprint density at radius 2 is 1.85 bits per heavy atom. The van der Waals surface area contributed by atoms with Gasteiger partial charge in [0.25, 0.3) is 11.7 Å². The topological polar surface area (TPSA) is 77.8 Å². The summed E-state index contributed by atoms with van der Waals surface area (Å²) in [6.45, 7) is -0.497. The third-order valence-corrected chi connectivity index (χ3v) is 4.41. The van der Waals surface area contributed by atoms with Crippen molar-refractivity contribution in [2.24, 2.45) is 0 Å². The van der Waals surface area contributed by atoms with Gasteiger partial charge in [0.15, 0.2) is 0 Å². The molecule has 1 unspecified atom stereocenters. The molecule has 1 aliphatic rings. The molecule has 1 atom stereocenters. The highest BCUT2D eigenvalue weighted by molar-refractivity contribution is 6.46. The molecule has 1 saturated heterocycles. The summed E-state index contributed by atoms with van der Waals surface area (Å²) in [7, 11) is 0. The lowest BCUT2D eigenvalue weighted by molar-refractivity contribution is -0.140. The van der Waals surface area contributed by atoms with Crippen LogP contribution in [-0.4, -0.2) is 40.0 Å². The fraction of sp³-hybridized carbons (Fsp3) is 0.158. The van der Waals surface area contributed by atoms with Gasteiger partial charge in [-0.2, -0.15) is 0 Å². The predicted octanol–water partition coefficient (Wildman–Crippen LogP) is 2.89. The molecule has 0 spiro atoms. The zero-order valence-electron chi connectivity index (χ0n) is 13.5. The highest BCUT2D eigenvalue weighted by atomic mass is 35.5. The molecule has 0 aliphatic carbocycles. The number of aliphatic hydroxyl groups excluding tert-OH is 2. The van der Waals surface area contributed by atoms with Gasteiger partial charge in [-0.1, -0.05) is 23.7 Å². The van der Waals surface area contributed by atoms with Gasteiger partial charge < -0.3 is 15.1 Å². The third kappa shape index (κ3) is 3.21. The Labute approximate surface area is 153 Å². The third-order valence-electron chi connectivity index (χ3n) is 4.16. The number of hydrogen-bond donors (Lipinski definition) is 2. The van der Waals surface area contributed by atoms with E-state index in [4.69, 9.17) is 11.6 Å². The van der Waals surface area contributed by atoms with Gasteiger partial charge >= 0.3 is 0 Å². The van der Waals surface area contributed by atoms with E-state index in [0.717, 1.165) is 4.90 Å². The lowest BCUT2D eigenvalue weighted by Gasteiger charge is -2.24. The normalized spacial score (nSPS) is 19.2. The van der Waals surface area contributed by atoms with Gasteiger partial charge in [0, 0.05) is 17.1 Å². The first-order valence-electron chi connectivity index (χ1n) is 7.84. The molecule has 1 amide bonds. The molecule has 5 nitrogen and oxygen atoms in total. The van der Waals surface area contributed by atoms with Crippen LogP contribution in [0.2, 0.25) is 5.02 Å². The van der Waals surface area contributed by atoms with Crippen molar-refractivity contribution in [1.29, 1.82) is 0 Å². The highest BCUT2D eigenvalue weighted by Gasteiger charge is 2.45. The second kappa shape index (κ2) is 7.27. The van der Waals surface area contributed by atoms with Crippen molar-refractivity contribution in [1.82, 2.24) is 4.90 Å². The van der Waals surface area contributed by atoms with Crippen molar-refractivity contribution in [2.75, 3.05) is 13.2 Å². The van der Waals surface area contributed by atoms with Gasteiger partial charge in [-0.15, -0.1) is 0 Å². The minimum absolute atomic E-state index is 0.122. The van der Waals surface area contributed by atoms with Gasteiger partial charge in [0.2, 0.25) is 0 Å². The SMILES string of the molecule is O=C1C(=O)N(CCO)C(c2cccc(F)c2)C1=C(O)c1ccc(Cl)cc1. The number of rotatable bonds is 4. The van der Waals surface area contributed by atoms with E-state index in [1.807, 2.05) is 0 Å². The second-order valence-electron chi connectivity index (χ2n) is 5.78. The maximum absolute atomic E-state index is 13.7. The molecule has 26 heavy (non-hydrogen) atoms. The number of aliphatic hydroxyl groups is 2. The first-order valence-corrected chi connectivity index (χ1v) is 8.22. The summed E-state index contributed by atoms with van der Waals surface area (Å²) in [4.78, 5) is 26.0. The summed E-state index contributed by atoms with van der Waals surface area (Å²) < 4.78 is 13.7. The van der Waals surface area contributed by atoms with Crippen LogP contribution in [0, 0.1) is 5.82 Å². The molecule has 0 bridgehead atoms. The Balaban J connectivity index is 2.19. The number of amides is 1. The molecule has 2 aromatic rings. The molecule has 3 rings (SSSR count). The van der Waals surface area contributed by atoms with Crippen LogP contribution in [-0.2, 0) is 9.59 Å². The van der Waals surface area contributed by atoms with Crippen LogP contribution in [0.1, 0.15) is 17.2 Å². The summed E-state index contributed by atoms with van der Waals surface area (Å²) in [5, 5.41) is 20.4. The quantitative estimate of drug-likeness (QED) is 0.489. The van der Waals surface area contributed by atoms with Crippen molar-refractivity contribution in [3.05, 3.63) is 76.1 Å². The van der Waals surface area contributed by atoms with Crippen LogP contribution in [0.5, 0.6) is 0 Å². The molecule has 1 fully saturated rings. The van der Waals surface area contributed by atoms with E-state index in [-0.39, 0.29) is 24.5 Å². The van der Waals surface area contributed by atoms with Crippen LogP contribution in [0.15, 0.2) is 54.1 Å². The molecule has 2 N–H and O–H groups in total. The fourth-order valence-electron chi connectivity index (χ4n) is 3.00. The van der Waals surface area contributed by atoms with Crippen molar-refractivity contribution in [3.8, 4) is 0 Å². The maximum Gasteiger partial charge on any atom is 0.295 e. The highest BCUT2D eigenvalue weighted by Crippen LogP contribution is 2.39. The average Bonchev–Trinajstić information content (AvgIpc) is 2.87. The summed E-state index contributed by atoms with van der Waals surface area (Å²) in [5.74, 6) is -2.66. The largest absolute Gasteiger partial charge is 0.507 e. The Hall–Kier alpha value is -2.70. The first kappa shape index (κ1) is 18.1. The number of Topliss-reactive ketones (excluding diaryl/α,β-unsaturated/α-hetero) is 1. The zero-order chi connectivity index (χ0) is 18.8. The van der Waals surface area contributed by atoms with Crippen LogP contribution in [0.3, 0.4) is 0 Å². The molecule has 0 radical (unpaired) electrons. The Bertz CT molecular complexity index is 895. The Morgan fingerprint density at radius 1 is 1.15 bits per heavy atom.